The summed E-state index contributed by atoms with van der Waals surface area (Å²) in [4.78, 5) is 10.1. The first-order valence-electron chi connectivity index (χ1n) is 20.9. The van der Waals surface area contributed by atoms with Crippen molar-refractivity contribution in [1.29, 1.82) is 0 Å². The highest BCUT2D eigenvalue weighted by Gasteiger charge is 2.46. The van der Waals surface area contributed by atoms with E-state index in [-0.39, 0.29) is 0 Å². The Balaban J connectivity index is 1.05. The Hall–Kier alpha value is -7.94. The minimum Gasteiger partial charge on any atom is -0.228 e. The molecule has 2 nitrogen and oxygen atoms in total. The van der Waals surface area contributed by atoms with Gasteiger partial charge in [-0.25, -0.2) is 9.97 Å². The fourth-order valence-electron chi connectivity index (χ4n) is 9.35. The standard InChI is InChI=1S/C59H40N2/c1-6-19-42(20-7-1)51-38-53-50-31-16-17-32-54(50)59(48-27-12-4-13-28-48,49-29-14-5-15-30-49)55(53)39-52(51)43-35-33-41(34-36-43)46-25-18-26-47(37-46)57-40-56(44-21-8-2-9-22-44)60-58(61-57)45-23-10-3-11-24-45/h1-40H. The first-order chi connectivity index (χ1) is 30.2. The Morgan fingerprint density at radius 2 is 0.705 bits per heavy atom. The largest absolute Gasteiger partial charge is 0.228 e. The van der Waals surface area contributed by atoms with Crippen LogP contribution in [0.5, 0.6) is 0 Å². The summed E-state index contributed by atoms with van der Waals surface area (Å²) in [6.45, 7) is 0. The molecule has 0 radical (unpaired) electrons. The van der Waals surface area contributed by atoms with Gasteiger partial charge in [-0.1, -0.05) is 218 Å². The van der Waals surface area contributed by atoms with Crippen molar-refractivity contribution in [1.82, 2.24) is 9.97 Å². The van der Waals surface area contributed by atoms with Crippen LogP contribution in [0.25, 0.3) is 78.4 Å². The molecule has 1 aliphatic rings. The first-order valence-corrected chi connectivity index (χ1v) is 20.9. The maximum absolute atomic E-state index is 5.11. The summed E-state index contributed by atoms with van der Waals surface area (Å²) in [5.41, 5.74) is 19.1. The van der Waals surface area contributed by atoms with Gasteiger partial charge in [0.15, 0.2) is 5.82 Å². The van der Waals surface area contributed by atoms with Gasteiger partial charge in [0.05, 0.1) is 16.8 Å². The summed E-state index contributed by atoms with van der Waals surface area (Å²) < 4.78 is 0. The molecule has 286 valence electrons. The molecular weight excluding hydrogens is 737 g/mol. The van der Waals surface area contributed by atoms with E-state index in [0.29, 0.717) is 5.82 Å². The van der Waals surface area contributed by atoms with Crippen LogP contribution in [0, 0.1) is 0 Å². The Kier molecular flexibility index (Phi) is 9.09. The Labute approximate surface area is 357 Å². The van der Waals surface area contributed by atoms with Crippen molar-refractivity contribution < 1.29 is 0 Å². The lowest BCUT2D eigenvalue weighted by molar-refractivity contribution is 0.769. The molecule has 11 rings (SSSR count). The molecule has 0 saturated carbocycles. The van der Waals surface area contributed by atoms with Gasteiger partial charge in [0, 0.05) is 16.7 Å². The second-order valence-electron chi connectivity index (χ2n) is 15.7. The SMILES string of the molecule is c1ccc(-c2cc(-c3cccc(-c4ccc(-c5cc6c(cc5-c5ccccc5)-c5ccccc5C6(c5ccccc5)c5ccccc5)cc4)c3)nc(-c3ccccc3)n2)cc1. The van der Waals surface area contributed by atoms with Crippen LogP contribution >= 0.6 is 0 Å². The molecule has 2 heteroatoms. The lowest BCUT2D eigenvalue weighted by Crippen LogP contribution is -2.28. The van der Waals surface area contributed by atoms with Gasteiger partial charge in [-0.15, -0.1) is 0 Å². The van der Waals surface area contributed by atoms with Crippen molar-refractivity contribution in [2.45, 2.75) is 5.41 Å². The minimum absolute atomic E-state index is 0.486. The summed E-state index contributed by atoms with van der Waals surface area (Å²) in [7, 11) is 0. The van der Waals surface area contributed by atoms with Crippen LogP contribution in [0.3, 0.4) is 0 Å². The predicted molar refractivity (Wildman–Crippen MR) is 252 cm³/mol. The predicted octanol–water partition coefficient (Wildman–Crippen LogP) is 14.8. The molecule has 0 atom stereocenters. The normalized spacial score (nSPS) is 12.4. The topological polar surface area (TPSA) is 25.8 Å². The Bertz CT molecular complexity index is 3040. The van der Waals surface area contributed by atoms with Gasteiger partial charge in [0.2, 0.25) is 0 Å². The number of aromatic nitrogens is 2. The molecule has 1 aliphatic carbocycles. The van der Waals surface area contributed by atoms with Crippen molar-refractivity contribution >= 4 is 0 Å². The van der Waals surface area contributed by atoms with E-state index < -0.39 is 5.41 Å². The van der Waals surface area contributed by atoms with Crippen LogP contribution < -0.4 is 0 Å². The molecule has 0 bridgehead atoms. The number of hydrogen-bond acceptors (Lipinski definition) is 2. The van der Waals surface area contributed by atoms with Gasteiger partial charge >= 0.3 is 0 Å². The molecule has 9 aromatic carbocycles. The molecule has 1 aromatic heterocycles. The molecule has 0 spiro atoms. The lowest BCUT2D eigenvalue weighted by Gasteiger charge is -2.34. The number of rotatable bonds is 8. The monoisotopic (exact) mass is 776 g/mol. The van der Waals surface area contributed by atoms with Crippen LogP contribution in [-0.2, 0) is 5.41 Å². The highest BCUT2D eigenvalue weighted by molar-refractivity contribution is 5.95. The molecule has 0 saturated heterocycles. The average molecular weight is 777 g/mol. The molecule has 0 aliphatic heterocycles. The second-order valence-corrected chi connectivity index (χ2v) is 15.7. The number of nitrogens with zero attached hydrogens (tertiary/aromatic N) is 2. The molecule has 10 aromatic rings. The van der Waals surface area contributed by atoms with E-state index in [0.717, 1.165) is 39.2 Å². The van der Waals surface area contributed by atoms with Crippen LogP contribution in [0.1, 0.15) is 22.3 Å². The molecule has 0 amide bonds. The maximum Gasteiger partial charge on any atom is 0.160 e. The fraction of sp³-hybridized carbons (Fsp3) is 0.0169. The molecule has 0 fully saturated rings. The van der Waals surface area contributed by atoms with Gasteiger partial charge in [-0.2, -0.15) is 0 Å². The maximum atomic E-state index is 5.11. The summed E-state index contributed by atoms with van der Waals surface area (Å²) >= 11 is 0. The Morgan fingerprint density at radius 1 is 0.246 bits per heavy atom. The lowest BCUT2D eigenvalue weighted by atomic mass is 9.67. The molecule has 1 heterocycles. The quantitative estimate of drug-likeness (QED) is 0.154. The average Bonchev–Trinajstić information content (AvgIpc) is 3.65. The molecule has 0 unspecified atom stereocenters. The van der Waals surface area contributed by atoms with Crippen LogP contribution in [0.2, 0.25) is 0 Å². The van der Waals surface area contributed by atoms with Crippen molar-refractivity contribution in [2.75, 3.05) is 0 Å². The zero-order valence-electron chi connectivity index (χ0n) is 33.5. The van der Waals surface area contributed by atoms with Crippen LogP contribution in [-0.4, -0.2) is 9.97 Å². The van der Waals surface area contributed by atoms with E-state index in [2.05, 4.69) is 218 Å². The van der Waals surface area contributed by atoms with Crippen LogP contribution in [0.15, 0.2) is 243 Å². The van der Waals surface area contributed by atoms with Gasteiger partial charge in [0.25, 0.3) is 0 Å². The van der Waals surface area contributed by atoms with Gasteiger partial charge in [-0.05, 0) is 91.0 Å². The summed E-state index contributed by atoms with van der Waals surface area (Å²) in [6, 6.07) is 87.3. The van der Waals surface area contributed by atoms with Crippen molar-refractivity contribution in [2.24, 2.45) is 0 Å². The summed E-state index contributed by atoms with van der Waals surface area (Å²) in [6.07, 6.45) is 0. The third-order valence-corrected chi connectivity index (χ3v) is 12.2. The van der Waals surface area contributed by atoms with Crippen molar-refractivity contribution in [3.63, 3.8) is 0 Å². The number of hydrogen-bond donors (Lipinski definition) is 0. The zero-order chi connectivity index (χ0) is 40.6. The summed E-state index contributed by atoms with van der Waals surface area (Å²) in [5, 5.41) is 0. The Morgan fingerprint density at radius 3 is 1.34 bits per heavy atom. The van der Waals surface area contributed by atoms with Gasteiger partial charge in [-0.3, -0.25) is 0 Å². The number of benzene rings is 9. The molecule has 61 heavy (non-hydrogen) atoms. The molecule has 0 N–H and O–H groups in total. The van der Waals surface area contributed by atoms with Crippen LogP contribution in [0.4, 0.5) is 0 Å². The molecular formula is C59H40N2. The first kappa shape index (κ1) is 36.2. The highest BCUT2D eigenvalue weighted by Crippen LogP contribution is 2.58. The fourth-order valence-corrected chi connectivity index (χ4v) is 9.35. The minimum atomic E-state index is -0.486. The van der Waals surface area contributed by atoms with Gasteiger partial charge in [0.1, 0.15) is 0 Å². The van der Waals surface area contributed by atoms with Crippen molar-refractivity contribution in [3.05, 3.63) is 265 Å². The zero-order valence-corrected chi connectivity index (χ0v) is 33.5. The van der Waals surface area contributed by atoms with Crippen molar-refractivity contribution in [3.8, 4) is 78.4 Å². The van der Waals surface area contributed by atoms with E-state index in [1.165, 1.54) is 55.6 Å². The smallest absolute Gasteiger partial charge is 0.160 e. The van der Waals surface area contributed by atoms with E-state index in [4.69, 9.17) is 9.97 Å². The van der Waals surface area contributed by atoms with E-state index in [1.54, 1.807) is 0 Å². The van der Waals surface area contributed by atoms with E-state index in [9.17, 15) is 0 Å². The van der Waals surface area contributed by atoms with E-state index in [1.807, 2.05) is 24.3 Å². The van der Waals surface area contributed by atoms with E-state index >= 15 is 0 Å². The third kappa shape index (κ3) is 6.37. The highest BCUT2D eigenvalue weighted by atomic mass is 14.9. The second kappa shape index (κ2) is 15.3. The van der Waals surface area contributed by atoms with Gasteiger partial charge < -0.3 is 0 Å². The third-order valence-electron chi connectivity index (χ3n) is 12.2. The number of fused-ring (bicyclic) bond motifs is 3. The summed E-state index contributed by atoms with van der Waals surface area (Å²) in [5.74, 6) is 0.710.